The number of nitrogens with one attached hydrogen (secondary N) is 1. The molecule has 1 aromatic carbocycles. The highest BCUT2D eigenvalue weighted by Gasteiger charge is 2.18. The molecule has 0 spiro atoms. The molecule has 7 heteroatoms. The Kier molecular flexibility index (Phi) is 5.27. The molecule has 0 fully saturated rings. The Morgan fingerprint density at radius 1 is 1.11 bits per heavy atom. The molecule has 0 aliphatic heterocycles. The quantitative estimate of drug-likeness (QED) is 0.744. The van der Waals surface area contributed by atoms with Gasteiger partial charge in [0, 0.05) is 23.2 Å². The van der Waals surface area contributed by atoms with Gasteiger partial charge in [0.1, 0.15) is 17.8 Å². The van der Waals surface area contributed by atoms with Crippen LogP contribution in [0.25, 0.3) is 11.1 Å². The van der Waals surface area contributed by atoms with E-state index in [0.717, 1.165) is 11.1 Å². The van der Waals surface area contributed by atoms with Crippen LogP contribution in [0.3, 0.4) is 0 Å². The van der Waals surface area contributed by atoms with Gasteiger partial charge >= 0.3 is 0 Å². The number of benzene rings is 1. The Hall–Kier alpha value is -3.53. The molecule has 2 heterocycles. The third-order valence-corrected chi connectivity index (χ3v) is 4.05. The number of hydrogen-bond donors (Lipinski definition) is 1. The summed E-state index contributed by atoms with van der Waals surface area (Å²) in [4.78, 5) is 20.8. The first kappa shape index (κ1) is 18.3. The first-order chi connectivity index (χ1) is 13.0. The summed E-state index contributed by atoms with van der Waals surface area (Å²) < 4.78 is 5.21. The van der Waals surface area contributed by atoms with Gasteiger partial charge in [-0.05, 0) is 36.8 Å². The number of carbonyl (C=O) groups excluding carboxylic acids is 1. The zero-order chi connectivity index (χ0) is 19.4. The second-order valence-electron chi connectivity index (χ2n) is 6.46. The Bertz CT molecular complexity index is 969. The van der Waals surface area contributed by atoms with Crippen LogP contribution in [0.4, 0.5) is 0 Å². The molecule has 3 aromatic rings. The Labute approximate surface area is 157 Å². The largest absolute Gasteiger partial charge is 0.341 e. The zero-order valence-electron chi connectivity index (χ0n) is 15.3. The number of rotatable bonds is 5. The van der Waals surface area contributed by atoms with E-state index in [1.165, 1.54) is 0 Å². The third-order valence-electron chi connectivity index (χ3n) is 4.05. The van der Waals surface area contributed by atoms with E-state index in [2.05, 4.69) is 20.4 Å². The highest BCUT2D eigenvalue weighted by atomic mass is 16.5. The maximum absolute atomic E-state index is 12.5. The monoisotopic (exact) mass is 361 g/mol. The fourth-order valence-electron chi connectivity index (χ4n) is 2.44. The lowest BCUT2D eigenvalue weighted by Gasteiger charge is -2.10. The standard InChI is InChI=1S/C20H19N5O2/c1-12(2)18-24-20(27-25-18)13(3)23-19(26)15-6-4-14(5-7-15)16-8-9-17(10-21)22-11-16/h4-9,11-13H,1-3H3,(H,23,26). The van der Waals surface area contributed by atoms with Crippen LogP contribution in [0.15, 0.2) is 47.1 Å². The molecule has 7 nitrogen and oxygen atoms in total. The highest BCUT2D eigenvalue weighted by molar-refractivity contribution is 5.94. The fraction of sp³-hybridized carbons (Fsp3) is 0.250. The number of hydrogen-bond acceptors (Lipinski definition) is 6. The van der Waals surface area contributed by atoms with Gasteiger partial charge in [0.2, 0.25) is 5.89 Å². The molecule has 1 N–H and O–H groups in total. The second kappa shape index (κ2) is 7.79. The first-order valence-corrected chi connectivity index (χ1v) is 8.59. The van der Waals surface area contributed by atoms with Crippen molar-refractivity contribution in [2.75, 3.05) is 0 Å². The van der Waals surface area contributed by atoms with Gasteiger partial charge in [0.15, 0.2) is 5.82 Å². The van der Waals surface area contributed by atoms with Crippen LogP contribution in [0.1, 0.15) is 60.5 Å². The first-order valence-electron chi connectivity index (χ1n) is 8.59. The van der Waals surface area contributed by atoms with E-state index < -0.39 is 0 Å². The molecule has 0 radical (unpaired) electrons. The summed E-state index contributed by atoms with van der Waals surface area (Å²) in [6.45, 7) is 5.75. The molecule has 136 valence electrons. The SMILES string of the molecule is CC(C)c1noc(C(C)NC(=O)c2ccc(-c3ccc(C#N)nc3)cc2)n1. The molecule has 0 aliphatic carbocycles. The highest BCUT2D eigenvalue weighted by Crippen LogP contribution is 2.20. The van der Waals surface area contributed by atoms with Crippen LogP contribution < -0.4 is 5.32 Å². The lowest BCUT2D eigenvalue weighted by Crippen LogP contribution is -2.26. The average Bonchev–Trinajstić information content (AvgIpc) is 3.19. The minimum absolute atomic E-state index is 0.162. The van der Waals surface area contributed by atoms with E-state index in [9.17, 15) is 4.79 Å². The topological polar surface area (TPSA) is 105 Å². The predicted octanol–water partition coefficient (Wildman–Crippen LogP) is 3.62. The van der Waals surface area contributed by atoms with Crippen molar-refractivity contribution in [3.05, 3.63) is 65.6 Å². The molecule has 27 heavy (non-hydrogen) atoms. The molecular formula is C20H19N5O2. The maximum atomic E-state index is 12.5. The number of aromatic nitrogens is 3. The van der Waals surface area contributed by atoms with Gasteiger partial charge in [-0.3, -0.25) is 4.79 Å². The lowest BCUT2D eigenvalue weighted by atomic mass is 10.0. The Balaban J connectivity index is 1.68. The minimum Gasteiger partial charge on any atom is -0.341 e. The number of pyridine rings is 1. The van der Waals surface area contributed by atoms with Gasteiger partial charge in [0.05, 0.1) is 0 Å². The Morgan fingerprint density at radius 2 is 1.81 bits per heavy atom. The summed E-state index contributed by atoms with van der Waals surface area (Å²) in [5, 5.41) is 15.6. The van der Waals surface area contributed by atoms with Crippen molar-refractivity contribution in [1.29, 1.82) is 5.26 Å². The van der Waals surface area contributed by atoms with Crippen LogP contribution in [-0.4, -0.2) is 21.0 Å². The fourth-order valence-corrected chi connectivity index (χ4v) is 2.44. The van der Waals surface area contributed by atoms with Gasteiger partial charge in [-0.15, -0.1) is 0 Å². The van der Waals surface area contributed by atoms with Crippen molar-refractivity contribution in [1.82, 2.24) is 20.4 Å². The molecule has 0 saturated heterocycles. The number of nitriles is 1. The van der Waals surface area contributed by atoms with E-state index in [0.29, 0.717) is 23.0 Å². The Morgan fingerprint density at radius 3 is 2.37 bits per heavy atom. The van der Waals surface area contributed by atoms with Gasteiger partial charge in [-0.25, -0.2) is 4.98 Å². The lowest BCUT2D eigenvalue weighted by molar-refractivity contribution is 0.0932. The van der Waals surface area contributed by atoms with Crippen LogP contribution in [-0.2, 0) is 0 Å². The smallest absolute Gasteiger partial charge is 0.251 e. The number of carbonyl (C=O) groups is 1. The van der Waals surface area contributed by atoms with E-state index >= 15 is 0 Å². The molecular weight excluding hydrogens is 342 g/mol. The van der Waals surface area contributed by atoms with Gasteiger partial charge in [-0.1, -0.05) is 31.1 Å². The van der Waals surface area contributed by atoms with E-state index in [1.54, 1.807) is 31.3 Å². The van der Waals surface area contributed by atoms with Crippen LogP contribution in [0.5, 0.6) is 0 Å². The molecule has 1 atom stereocenters. The molecule has 0 bridgehead atoms. The summed E-state index contributed by atoms with van der Waals surface area (Å²) in [5.41, 5.74) is 2.68. The molecule has 2 aromatic heterocycles. The third kappa shape index (κ3) is 4.18. The van der Waals surface area contributed by atoms with Crippen LogP contribution in [0.2, 0.25) is 0 Å². The maximum Gasteiger partial charge on any atom is 0.251 e. The molecule has 0 aliphatic rings. The van der Waals surface area contributed by atoms with E-state index in [-0.39, 0.29) is 17.9 Å². The van der Waals surface area contributed by atoms with Crippen LogP contribution in [0, 0.1) is 11.3 Å². The summed E-state index contributed by atoms with van der Waals surface area (Å²) in [7, 11) is 0. The zero-order valence-corrected chi connectivity index (χ0v) is 15.3. The summed E-state index contributed by atoms with van der Waals surface area (Å²) in [6.07, 6.45) is 1.64. The minimum atomic E-state index is -0.389. The second-order valence-corrected chi connectivity index (χ2v) is 6.46. The molecule has 1 unspecified atom stereocenters. The molecule has 0 saturated carbocycles. The van der Waals surface area contributed by atoms with Gasteiger partial charge in [-0.2, -0.15) is 10.2 Å². The van der Waals surface area contributed by atoms with Crippen molar-refractivity contribution in [2.24, 2.45) is 0 Å². The summed E-state index contributed by atoms with van der Waals surface area (Å²) >= 11 is 0. The molecule has 3 rings (SSSR count). The van der Waals surface area contributed by atoms with Crippen molar-refractivity contribution in [3.63, 3.8) is 0 Å². The van der Waals surface area contributed by atoms with Crippen molar-refractivity contribution >= 4 is 5.91 Å². The predicted molar refractivity (Wildman–Crippen MR) is 98.7 cm³/mol. The number of nitrogens with zero attached hydrogens (tertiary/aromatic N) is 4. The van der Waals surface area contributed by atoms with Crippen molar-refractivity contribution in [2.45, 2.75) is 32.7 Å². The van der Waals surface area contributed by atoms with Crippen LogP contribution >= 0.6 is 0 Å². The van der Waals surface area contributed by atoms with E-state index in [1.807, 2.05) is 38.1 Å². The number of amides is 1. The van der Waals surface area contributed by atoms with Crippen molar-refractivity contribution < 1.29 is 9.32 Å². The normalized spacial score (nSPS) is 11.8. The summed E-state index contributed by atoms with van der Waals surface area (Å²) in [6, 6.07) is 12.2. The van der Waals surface area contributed by atoms with Gasteiger partial charge in [0.25, 0.3) is 5.91 Å². The summed E-state index contributed by atoms with van der Waals surface area (Å²) in [5.74, 6) is 0.935. The van der Waals surface area contributed by atoms with Gasteiger partial charge < -0.3 is 9.84 Å². The average molecular weight is 361 g/mol. The molecule has 1 amide bonds. The van der Waals surface area contributed by atoms with Crippen molar-refractivity contribution in [3.8, 4) is 17.2 Å². The van der Waals surface area contributed by atoms with E-state index in [4.69, 9.17) is 9.78 Å².